The Morgan fingerprint density at radius 2 is 1.39 bits per heavy atom. The van der Waals surface area contributed by atoms with Crippen LogP contribution < -0.4 is 20.8 Å². The van der Waals surface area contributed by atoms with E-state index in [1.54, 1.807) is 4.90 Å². The van der Waals surface area contributed by atoms with E-state index in [0.717, 1.165) is 52.5 Å². The summed E-state index contributed by atoms with van der Waals surface area (Å²) in [5, 5.41) is 2.31. The molecule has 1 unspecified atom stereocenters. The SMILES string of the molecule is CC[NH+](CC)CC.COC(=O)[C@@]1(OP(=O)([O-])OC[C@H]2O[C@@H](n3ccc(NC(C)=O)nc3=O)[C@H](OC(C)=O)[C@@H]2OC(C)=O)C[C@@H](OCCOC(C)=O)[C@H](OC(C)=O)[C@H](OC(C)=O)C1. The predicted molar refractivity (Wildman–Crippen MR) is 207 cm³/mol. The van der Waals surface area contributed by atoms with Crippen LogP contribution in [0, 0.1) is 0 Å². The van der Waals surface area contributed by atoms with Gasteiger partial charge in [-0.25, -0.2) is 9.59 Å². The van der Waals surface area contributed by atoms with Crippen molar-refractivity contribution in [2.24, 2.45) is 0 Å². The average molecular weight is 909 g/mol. The van der Waals surface area contributed by atoms with Crippen LogP contribution in [0.15, 0.2) is 17.1 Å². The highest BCUT2D eigenvalue weighted by atomic mass is 31.2. The molecule has 0 aromatic carbocycles. The summed E-state index contributed by atoms with van der Waals surface area (Å²) in [4.78, 5) is 116. The number of ether oxygens (including phenoxy) is 8. The van der Waals surface area contributed by atoms with Crippen molar-refractivity contribution in [1.29, 1.82) is 0 Å². The Hall–Kier alpha value is -4.84. The van der Waals surface area contributed by atoms with Crippen molar-refractivity contribution in [1.82, 2.24) is 9.55 Å². The Morgan fingerprint density at radius 1 is 0.839 bits per heavy atom. The number of carbonyl (C=O) groups excluding carboxylic acids is 7. The Bertz CT molecular complexity index is 1830. The van der Waals surface area contributed by atoms with E-state index in [4.69, 9.17) is 46.9 Å². The van der Waals surface area contributed by atoms with Crippen molar-refractivity contribution < 1.29 is 94.9 Å². The van der Waals surface area contributed by atoms with Crippen LogP contribution in [0.1, 0.15) is 81.4 Å². The number of methoxy groups -OCH3 is 1. The topological polar surface area (TPSA) is 303 Å². The number of amides is 1. The van der Waals surface area contributed by atoms with Gasteiger partial charge in [-0.3, -0.25) is 42.4 Å². The van der Waals surface area contributed by atoms with Gasteiger partial charge in [0.1, 0.15) is 30.7 Å². The number of esters is 6. The molecular weight excluding hydrogens is 851 g/mol. The molecule has 0 spiro atoms. The Kier molecular flexibility index (Phi) is 21.2. The number of aromatic nitrogens is 2. The van der Waals surface area contributed by atoms with Gasteiger partial charge < -0.3 is 57.5 Å². The molecule has 0 radical (unpaired) electrons. The van der Waals surface area contributed by atoms with E-state index in [2.05, 4.69) is 31.1 Å². The third-order valence-corrected chi connectivity index (χ3v) is 10.2. The number of anilines is 1. The Balaban J connectivity index is 0.00000173. The molecule has 24 nitrogen and oxygen atoms in total. The number of phosphoric acid groups is 1. The molecule has 25 heteroatoms. The Morgan fingerprint density at radius 3 is 1.87 bits per heavy atom. The third-order valence-electron chi connectivity index (χ3n) is 9.17. The number of quaternary nitrogens is 1. The first-order valence-corrected chi connectivity index (χ1v) is 21.0. The molecule has 350 valence electrons. The standard InChI is InChI=1S/C31H42N3O20P.C6H15N/c1-15(35)32-24-8-9-34(30(42)33-24)28-27(52-20(6)40)26(51-19(5)39)23(53-28)14-48-55(43,44)54-31(29(41)45-7)12-21(47-11-10-46-16(2)36)25(50-18(4)38)22(13-31)49-17(3)37;1-4-7(5-2)6-3/h8-9,21-23,25-28H,10-14H2,1-7H3,(H,43,44)(H,32,33,35,42);4-6H2,1-3H3/t21-,22-,23-,25+,26-,27-,28-,31-;/m1./s1. The van der Waals surface area contributed by atoms with Gasteiger partial charge in [-0.15, -0.1) is 0 Å². The van der Waals surface area contributed by atoms with Crippen LogP contribution in [0.2, 0.25) is 0 Å². The van der Waals surface area contributed by atoms with E-state index < -0.39 is 123 Å². The maximum absolute atomic E-state index is 13.6. The van der Waals surface area contributed by atoms with E-state index in [9.17, 15) is 47.8 Å². The molecule has 1 aliphatic carbocycles. The molecule has 2 fully saturated rings. The number of carbonyl (C=O) groups is 7. The number of rotatable bonds is 19. The number of hydrogen-bond donors (Lipinski definition) is 2. The van der Waals surface area contributed by atoms with Crippen LogP contribution in [0.4, 0.5) is 5.82 Å². The molecule has 1 aromatic rings. The van der Waals surface area contributed by atoms with Crippen LogP contribution in [0.5, 0.6) is 0 Å². The number of nitrogens with one attached hydrogen (secondary N) is 2. The number of phosphoric ester groups is 1. The number of nitrogens with zero attached hydrogens (tertiary/aromatic N) is 2. The Labute approximate surface area is 357 Å². The minimum absolute atomic E-state index is 0.133. The highest BCUT2D eigenvalue weighted by molar-refractivity contribution is 7.46. The fourth-order valence-electron chi connectivity index (χ4n) is 6.60. The summed E-state index contributed by atoms with van der Waals surface area (Å²) in [6.07, 6.45) is -11.1. The second kappa shape index (κ2) is 24.7. The van der Waals surface area contributed by atoms with Crippen molar-refractivity contribution in [2.45, 2.75) is 124 Å². The van der Waals surface area contributed by atoms with E-state index in [0.29, 0.717) is 0 Å². The lowest BCUT2D eigenvalue weighted by Gasteiger charge is -2.46. The van der Waals surface area contributed by atoms with Crippen molar-refractivity contribution in [3.63, 3.8) is 0 Å². The zero-order valence-corrected chi connectivity index (χ0v) is 37.3. The van der Waals surface area contributed by atoms with E-state index in [-0.39, 0.29) is 19.0 Å². The van der Waals surface area contributed by atoms with Crippen LogP contribution in [-0.2, 0) is 85.1 Å². The fraction of sp³-hybridized carbons (Fsp3) is 0.703. The maximum atomic E-state index is 13.6. The largest absolute Gasteiger partial charge is 0.756 e. The fourth-order valence-corrected chi connectivity index (χ4v) is 7.64. The summed E-state index contributed by atoms with van der Waals surface area (Å²) < 4.78 is 67.4. The van der Waals surface area contributed by atoms with Gasteiger partial charge in [0.05, 0.1) is 40.0 Å². The lowest BCUT2D eigenvalue weighted by atomic mass is 9.79. The zero-order valence-electron chi connectivity index (χ0n) is 36.4. The van der Waals surface area contributed by atoms with Gasteiger partial charge in [0.15, 0.2) is 30.1 Å². The second-order valence-corrected chi connectivity index (χ2v) is 15.2. The third kappa shape index (κ3) is 16.5. The number of hydrogen-bond acceptors (Lipinski definition) is 21. The molecule has 0 bridgehead atoms. The summed E-state index contributed by atoms with van der Waals surface area (Å²) >= 11 is 0. The first-order valence-electron chi connectivity index (χ1n) is 19.6. The van der Waals surface area contributed by atoms with Gasteiger partial charge in [-0.1, -0.05) is 0 Å². The molecule has 1 aliphatic heterocycles. The summed E-state index contributed by atoms with van der Waals surface area (Å²) in [5.41, 5.74) is -3.58. The summed E-state index contributed by atoms with van der Waals surface area (Å²) in [7, 11) is -4.82. The van der Waals surface area contributed by atoms with Crippen LogP contribution in [0.25, 0.3) is 0 Å². The van der Waals surface area contributed by atoms with Crippen LogP contribution in [-0.4, -0.2) is 140 Å². The molecular formula is C37H57N4O20P. The van der Waals surface area contributed by atoms with Gasteiger partial charge >= 0.3 is 41.5 Å². The summed E-state index contributed by atoms with van der Waals surface area (Å²) in [6.45, 7) is 15.1. The monoisotopic (exact) mass is 908 g/mol. The minimum atomic E-state index is -5.73. The molecule has 2 N–H and O–H groups in total. The molecule has 2 heterocycles. The highest BCUT2D eigenvalue weighted by Gasteiger charge is 2.58. The van der Waals surface area contributed by atoms with Gasteiger partial charge in [0.25, 0.3) is 7.82 Å². The van der Waals surface area contributed by atoms with Gasteiger partial charge in [-0.05, 0) is 26.8 Å². The predicted octanol–water partition coefficient (Wildman–Crippen LogP) is -1.09. The van der Waals surface area contributed by atoms with Crippen LogP contribution >= 0.6 is 7.82 Å². The van der Waals surface area contributed by atoms with Gasteiger partial charge in [0, 0.05) is 60.6 Å². The molecule has 1 amide bonds. The molecule has 1 saturated heterocycles. The molecule has 1 aromatic heterocycles. The zero-order chi connectivity index (χ0) is 46.9. The van der Waals surface area contributed by atoms with Crippen molar-refractivity contribution in [3.05, 3.63) is 22.7 Å². The van der Waals surface area contributed by atoms with E-state index in [1.807, 2.05) is 0 Å². The first-order chi connectivity index (χ1) is 29.0. The van der Waals surface area contributed by atoms with Crippen molar-refractivity contribution in [2.75, 3.05) is 51.9 Å². The van der Waals surface area contributed by atoms with E-state index >= 15 is 0 Å². The highest BCUT2D eigenvalue weighted by Crippen LogP contribution is 2.50. The molecule has 9 atom stereocenters. The van der Waals surface area contributed by atoms with E-state index in [1.165, 1.54) is 32.6 Å². The van der Waals surface area contributed by atoms with Crippen LogP contribution in [0.3, 0.4) is 0 Å². The van der Waals surface area contributed by atoms with Crippen molar-refractivity contribution >= 4 is 55.4 Å². The molecule has 2 aliphatic rings. The first kappa shape index (κ1) is 53.3. The van der Waals surface area contributed by atoms with Crippen molar-refractivity contribution in [3.8, 4) is 0 Å². The molecule has 1 saturated carbocycles. The second-order valence-electron chi connectivity index (χ2n) is 13.9. The van der Waals surface area contributed by atoms with Gasteiger partial charge in [0.2, 0.25) is 5.91 Å². The maximum Gasteiger partial charge on any atom is 0.351 e. The lowest BCUT2D eigenvalue weighted by molar-refractivity contribution is -0.894. The summed E-state index contributed by atoms with van der Waals surface area (Å²) in [6, 6.07) is 1.21. The minimum Gasteiger partial charge on any atom is -0.756 e. The lowest BCUT2D eigenvalue weighted by Crippen LogP contribution is -3.11. The summed E-state index contributed by atoms with van der Waals surface area (Å²) in [5.74, 6) is -6.26. The average Bonchev–Trinajstić information content (AvgIpc) is 3.48. The quantitative estimate of drug-likeness (QED) is 0.0721. The molecule has 3 rings (SSSR count). The van der Waals surface area contributed by atoms with Gasteiger partial charge in [-0.2, -0.15) is 4.98 Å². The smallest absolute Gasteiger partial charge is 0.351 e. The molecule has 62 heavy (non-hydrogen) atoms. The normalized spacial score (nSPS) is 25.2.